The molecule has 1 atom stereocenters. The van der Waals surface area contributed by atoms with E-state index in [0.717, 1.165) is 17.3 Å². The second-order valence-electron chi connectivity index (χ2n) is 6.03. The first kappa shape index (κ1) is 20.9. The topological polar surface area (TPSA) is 49.8 Å². The van der Waals surface area contributed by atoms with Crippen LogP contribution in [0.4, 0.5) is 0 Å². The molecule has 1 rings (SSSR count). The minimum atomic E-state index is -0.383. The highest BCUT2D eigenvalue weighted by Gasteiger charge is 2.34. The number of ether oxygens (including phenoxy) is 4. The van der Waals surface area contributed by atoms with E-state index in [4.69, 9.17) is 18.9 Å². The Kier molecular flexibility index (Phi) is 8.73. The highest BCUT2D eigenvalue weighted by molar-refractivity contribution is 9.10. The second kappa shape index (κ2) is 10.0. The summed E-state index contributed by atoms with van der Waals surface area (Å²) in [5.41, 5.74) is 0.294. The van der Waals surface area contributed by atoms with Gasteiger partial charge in [-0.15, -0.1) is 6.58 Å². The summed E-state index contributed by atoms with van der Waals surface area (Å²) < 4.78 is 23.2. The Bertz CT molecular complexity index is 534. The molecule has 0 aliphatic heterocycles. The van der Waals surface area contributed by atoms with E-state index < -0.39 is 0 Å². The van der Waals surface area contributed by atoms with Crippen LogP contribution in [-0.2, 0) is 9.47 Å². The van der Waals surface area contributed by atoms with Gasteiger partial charge in [-0.1, -0.05) is 33.3 Å². The zero-order valence-corrected chi connectivity index (χ0v) is 16.8. The Morgan fingerprint density at radius 3 is 2.58 bits per heavy atom. The van der Waals surface area contributed by atoms with Gasteiger partial charge in [0, 0.05) is 18.7 Å². The van der Waals surface area contributed by atoms with Gasteiger partial charge in [0.05, 0.1) is 18.2 Å². The van der Waals surface area contributed by atoms with Gasteiger partial charge < -0.3 is 18.9 Å². The maximum absolute atomic E-state index is 5.92. The third-order valence-electron chi connectivity index (χ3n) is 3.72. The number of pyridine rings is 1. The highest BCUT2D eigenvalue weighted by atomic mass is 79.9. The summed E-state index contributed by atoms with van der Waals surface area (Å²) in [6.45, 7) is 10.9. The quantitative estimate of drug-likeness (QED) is 0.299. The fourth-order valence-corrected chi connectivity index (χ4v) is 2.59. The van der Waals surface area contributed by atoms with Gasteiger partial charge in [0.1, 0.15) is 18.6 Å². The Labute approximate surface area is 153 Å². The minimum Gasteiger partial charge on any atom is -0.491 e. The van der Waals surface area contributed by atoms with E-state index in [1.54, 1.807) is 20.4 Å². The molecule has 1 aromatic rings. The van der Waals surface area contributed by atoms with Gasteiger partial charge in [0.15, 0.2) is 11.5 Å². The van der Waals surface area contributed by atoms with Crippen LogP contribution in [0.1, 0.15) is 45.4 Å². The molecule has 1 aromatic heterocycles. The molecule has 0 saturated heterocycles. The van der Waals surface area contributed by atoms with Gasteiger partial charge in [0.2, 0.25) is 0 Å². The summed E-state index contributed by atoms with van der Waals surface area (Å²) in [7, 11) is 3.19. The maximum atomic E-state index is 5.92. The van der Waals surface area contributed by atoms with Crippen LogP contribution in [0.3, 0.4) is 0 Å². The van der Waals surface area contributed by atoms with Gasteiger partial charge in [0.25, 0.3) is 0 Å². The second-order valence-corrected chi connectivity index (χ2v) is 6.89. The fourth-order valence-electron chi connectivity index (χ4n) is 2.19. The van der Waals surface area contributed by atoms with Crippen molar-refractivity contribution >= 4 is 15.9 Å². The number of halogens is 1. The Morgan fingerprint density at radius 2 is 2.04 bits per heavy atom. The summed E-state index contributed by atoms with van der Waals surface area (Å²) >= 11 is 3.49. The van der Waals surface area contributed by atoms with Gasteiger partial charge in [-0.2, -0.15) is 0 Å². The lowest BCUT2D eigenvalue weighted by molar-refractivity contribution is -0.105. The van der Waals surface area contributed by atoms with E-state index >= 15 is 0 Å². The van der Waals surface area contributed by atoms with Crippen LogP contribution in [0.25, 0.3) is 0 Å². The molecule has 0 aliphatic rings. The van der Waals surface area contributed by atoms with E-state index in [0.29, 0.717) is 23.8 Å². The average molecular weight is 402 g/mol. The first-order valence-corrected chi connectivity index (χ1v) is 8.81. The number of nitrogens with zero attached hydrogens (tertiary/aromatic N) is 1. The first-order valence-electron chi connectivity index (χ1n) is 8.02. The number of rotatable bonds is 11. The number of hydrogen-bond acceptors (Lipinski definition) is 5. The average Bonchev–Trinajstić information content (AvgIpc) is 2.57. The van der Waals surface area contributed by atoms with Crippen LogP contribution >= 0.6 is 15.9 Å². The summed E-state index contributed by atoms with van der Waals surface area (Å²) in [6, 6.07) is 0. The van der Waals surface area contributed by atoms with Crippen molar-refractivity contribution in [2.45, 2.75) is 39.7 Å². The number of unbranched alkanes of at least 4 members (excludes halogenated alkanes) is 1. The van der Waals surface area contributed by atoms with E-state index in [9.17, 15) is 0 Å². The first-order chi connectivity index (χ1) is 11.4. The smallest absolute Gasteiger partial charge is 0.186 e. The van der Waals surface area contributed by atoms with Gasteiger partial charge >= 0.3 is 0 Å². The lowest BCUT2D eigenvalue weighted by atomic mass is 9.84. The molecule has 0 N–H and O–H groups in total. The molecule has 6 heteroatoms. The zero-order valence-electron chi connectivity index (χ0n) is 15.2. The van der Waals surface area contributed by atoms with Crippen molar-refractivity contribution in [2.75, 3.05) is 27.6 Å². The van der Waals surface area contributed by atoms with Crippen LogP contribution in [0.5, 0.6) is 11.5 Å². The van der Waals surface area contributed by atoms with Gasteiger partial charge in [-0.3, -0.25) is 4.98 Å². The van der Waals surface area contributed by atoms with Crippen molar-refractivity contribution in [3.8, 4) is 11.5 Å². The molecule has 24 heavy (non-hydrogen) atoms. The van der Waals surface area contributed by atoms with E-state index in [1.807, 2.05) is 19.9 Å². The maximum Gasteiger partial charge on any atom is 0.186 e. The Balaban J connectivity index is 3.31. The summed E-state index contributed by atoms with van der Waals surface area (Å²) in [5.74, 6) is 1.21. The van der Waals surface area contributed by atoms with Crippen molar-refractivity contribution in [3.63, 3.8) is 0 Å². The molecule has 0 saturated carbocycles. The predicted molar refractivity (Wildman–Crippen MR) is 98.6 cm³/mol. The van der Waals surface area contributed by atoms with Gasteiger partial charge in [-0.05, 0) is 22.4 Å². The van der Waals surface area contributed by atoms with Crippen LogP contribution in [0.15, 0.2) is 23.3 Å². The van der Waals surface area contributed by atoms with E-state index in [2.05, 4.69) is 34.4 Å². The summed E-state index contributed by atoms with van der Waals surface area (Å²) in [4.78, 5) is 4.53. The number of methoxy groups -OCH3 is 2. The number of aromatic nitrogens is 1. The van der Waals surface area contributed by atoms with E-state index in [-0.39, 0.29) is 18.3 Å². The SMILES string of the molecule is C=CC(C)(C)C(OCOC)c1ncc(Br)c(OCCCC)c1OC. The molecule has 0 radical (unpaired) electrons. The van der Waals surface area contributed by atoms with E-state index in [1.165, 1.54) is 0 Å². The summed E-state index contributed by atoms with van der Waals surface area (Å²) in [5, 5.41) is 0. The third-order valence-corrected chi connectivity index (χ3v) is 4.29. The van der Waals surface area contributed by atoms with Crippen LogP contribution in [0.2, 0.25) is 0 Å². The molecule has 136 valence electrons. The van der Waals surface area contributed by atoms with Crippen molar-refractivity contribution in [1.29, 1.82) is 0 Å². The molecule has 5 nitrogen and oxygen atoms in total. The van der Waals surface area contributed by atoms with Crippen molar-refractivity contribution < 1.29 is 18.9 Å². The molecule has 0 bridgehead atoms. The van der Waals surface area contributed by atoms with Crippen molar-refractivity contribution in [1.82, 2.24) is 4.98 Å². The molecule has 1 heterocycles. The van der Waals surface area contributed by atoms with Crippen LogP contribution in [-0.4, -0.2) is 32.6 Å². The Hall–Kier alpha value is -1.11. The normalized spacial score (nSPS) is 12.8. The molecule has 0 aromatic carbocycles. The predicted octanol–water partition coefficient (Wildman–Crippen LogP) is 4.91. The largest absolute Gasteiger partial charge is 0.491 e. The zero-order chi connectivity index (χ0) is 18.2. The van der Waals surface area contributed by atoms with Crippen molar-refractivity contribution in [2.24, 2.45) is 5.41 Å². The fraction of sp³-hybridized carbons (Fsp3) is 0.611. The standard InChI is InChI=1S/C18H28BrNO4/c1-7-9-10-23-15-13(19)11-20-14(16(15)22-6)17(24-12-21-5)18(3,4)8-2/h8,11,17H,2,7,9-10,12H2,1,3-6H3. The van der Waals surface area contributed by atoms with Gasteiger partial charge in [-0.25, -0.2) is 0 Å². The lowest BCUT2D eigenvalue weighted by Gasteiger charge is -2.32. The van der Waals surface area contributed by atoms with Crippen molar-refractivity contribution in [3.05, 3.63) is 29.0 Å². The molecular formula is C18H28BrNO4. The summed E-state index contributed by atoms with van der Waals surface area (Å²) in [6.07, 6.45) is 5.19. The third kappa shape index (κ3) is 5.19. The molecule has 1 unspecified atom stereocenters. The highest BCUT2D eigenvalue weighted by Crippen LogP contribution is 2.45. The lowest BCUT2D eigenvalue weighted by Crippen LogP contribution is -2.25. The number of hydrogen-bond donors (Lipinski definition) is 0. The minimum absolute atomic E-state index is 0.148. The molecule has 0 amide bonds. The molecule has 0 aliphatic carbocycles. The van der Waals surface area contributed by atoms with Crippen LogP contribution in [0, 0.1) is 5.41 Å². The molecule has 0 spiro atoms. The van der Waals surface area contributed by atoms with Crippen LogP contribution < -0.4 is 9.47 Å². The molecular weight excluding hydrogens is 374 g/mol. The monoisotopic (exact) mass is 401 g/mol. The molecule has 0 fully saturated rings. The Morgan fingerprint density at radius 1 is 1.33 bits per heavy atom.